The van der Waals surface area contributed by atoms with E-state index in [0.717, 1.165) is 63.2 Å². The van der Waals surface area contributed by atoms with Crippen molar-refractivity contribution in [3.05, 3.63) is 30.2 Å². The molecule has 1 aromatic carbocycles. The average molecular weight is 483 g/mol. The van der Waals surface area contributed by atoms with E-state index in [1.807, 2.05) is 6.92 Å². The maximum Gasteiger partial charge on any atom is 0.157 e. The van der Waals surface area contributed by atoms with Crippen molar-refractivity contribution in [1.82, 2.24) is 9.78 Å². The molecule has 0 radical (unpaired) electrons. The summed E-state index contributed by atoms with van der Waals surface area (Å²) >= 11 is 0. The van der Waals surface area contributed by atoms with Gasteiger partial charge in [0.2, 0.25) is 0 Å². The normalized spacial score (nSPS) is 45.1. The molecule has 2 N–H and O–H groups in total. The first kappa shape index (κ1) is 23.6. The summed E-state index contributed by atoms with van der Waals surface area (Å²) in [4.78, 5) is 13.7. The van der Waals surface area contributed by atoms with Crippen molar-refractivity contribution in [3.8, 4) is 0 Å². The number of ketones is 1. The average Bonchev–Trinajstić information content (AvgIpc) is 3.35. The molecule has 8 atom stereocenters. The quantitative estimate of drug-likeness (QED) is 0.625. The van der Waals surface area contributed by atoms with Crippen LogP contribution in [0.2, 0.25) is 0 Å². The van der Waals surface area contributed by atoms with Gasteiger partial charge in [0.05, 0.1) is 22.9 Å². The highest BCUT2D eigenvalue weighted by Gasteiger charge is 2.68. The number of aliphatic hydroxyl groups is 2. The van der Waals surface area contributed by atoms with E-state index in [0.29, 0.717) is 17.4 Å². The summed E-state index contributed by atoms with van der Waals surface area (Å²) in [6.07, 6.45) is 9.55. The van der Waals surface area contributed by atoms with Crippen molar-refractivity contribution in [2.24, 2.45) is 34.5 Å². The molecule has 190 valence electrons. The number of nitrogens with zero attached hydrogens (tertiary/aromatic N) is 2. The number of aromatic nitrogens is 2. The molecule has 35 heavy (non-hydrogen) atoms. The topological polar surface area (TPSA) is 75.3 Å². The van der Waals surface area contributed by atoms with Crippen molar-refractivity contribution >= 4 is 16.7 Å². The standard InChI is InChI=1S/C29H39FN2O3/c1-26(34)10-12-28(3)19(15-26)5-7-22-21-8-9-23(27(21,2)11-13-29(22,28)35)25(33)17-32-24-14-20(30)6-4-18(24)16-31-32/h4,6,14,16,19,21-23,34-35H,5,7-13,15,17H2,1-3H3/t19?,21-,22-,23+,26+,27-,28-,29+/m0/s1. The maximum absolute atomic E-state index is 13.8. The van der Waals surface area contributed by atoms with Gasteiger partial charge in [-0.3, -0.25) is 9.48 Å². The van der Waals surface area contributed by atoms with Crippen LogP contribution in [0.25, 0.3) is 10.9 Å². The van der Waals surface area contributed by atoms with Crippen molar-refractivity contribution in [2.75, 3.05) is 0 Å². The van der Waals surface area contributed by atoms with E-state index in [9.17, 15) is 19.4 Å². The van der Waals surface area contributed by atoms with Gasteiger partial charge in [0, 0.05) is 11.3 Å². The molecule has 1 heterocycles. The Balaban J connectivity index is 1.25. The summed E-state index contributed by atoms with van der Waals surface area (Å²) in [7, 11) is 0. The lowest BCUT2D eigenvalue weighted by atomic mass is 9.41. The molecule has 0 saturated heterocycles. The Hall–Kier alpha value is -1.79. The second kappa shape index (κ2) is 7.61. The number of hydrogen-bond donors (Lipinski definition) is 2. The summed E-state index contributed by atoms with van der Waals surface area (Å²) in [5.74, 6) is 0.708. The first-order valence-corrected chi connectivity index (χ1v) is 13.6. The Morgan fingerprint density at radius 1 is 1.06 bits per heavy atom. The molecular weight excluding hydrogens is 443 g/mol. The van der Waals surface area contributed by atoms with Gasteiger partial charge in [-0.05, 0) is 111 Å². The molecule has 4 saturated carbocycles. The number of halogens is 1. The van der Waals surface area contributed by atoms with E-state index in [-0.39, 0.29) is 40.8 Å². The van der Waals surface area contributed by atoms with E-state index in [1.165, 1.54) is 12.1 Å². The van der Waals surface area contributed by atoms with Crippen LogP contribution < -0.4 is 0 Å². The fraction of sp³-hybridized carbons (Fsp3) is 0.724. The summed E-state index contributed by atoms with van der Waals surface area (Å²) in [5.41, 5.74) is -0.966. The third-order valence-corrected chi connectivity index (χ3v) is 11.4. The minimum atomic E-state index is -0.718. The van der Waals surface area contributed by atoms with Gasteiger partial charge in [-0.15, -0.1) is 0 Å². The largest absolute Gasteiger partial charge is 0.390 e. The predicted octanol–water partition coefficient (Wildman–Crippen LogP) is 5.27. The van der Waals surface area contributed by atoms with Gasteiger partial charge in [-0.2, -0.15) is 5.10 Å². The number of carbonyl (C=O) groups excluding carboxylic acids is 1. The zero-order valence-electron chi connectivity index (χ0n) is 21.3. The molecule has 4 aliphatic rings. The Morgan fingerprint density at radius 3 is 2.63 bits per heavy atom. The lowest BCUT2D eigenvalue weighted by molar-refractivity contribution is -0.247. The zero-order chi connectivity index (χ0) is 24.8. The molecule has 0 amide bonds. The lowest BCUT2D eigenvalue weighted by Crippen LogP contribution is -2.66. The Morgan fingerprint density at radius 2 is 1.83 bits per heavy atom. The molecule has 5 nitrogen and oxygen atoms in total. The van der Waals surface area contributed by atoms with Crippen molar-refractivity contribution in [3.63, 3.8) is 0 Å². The van der Waals surface area contributed by atoms with Crippen LogP contribution in [0.3, 0.4) is 0 Å². The summed E-state index contributed by atoms with van der Waals surface area (Å²) in [5, 5.41) is 28.3. The fourth-order valence-electron chi connectivity index (χ4n) is 9.33. The van der Waals surface area contributed by atoms with Crippen LogP contribution in [-0.4, -0.2) is 37.0 Å². The smallest absolute Gasteiger partial charge is 0.157 e. The lowest BCUT2D eigenvalue weighted by Gasteiger charge is -2.66. The predicted molar refractivity (Wildman–Crippen MR) is 132 cm³/mol. The van der Waals surface area contributed by atoms with E-state index in [2.05, 4.69) is 18.9 Å². The molecule has 0 aliphatic heterocycles. The first-order chi connectivity index (χ1) is 16.5. The van der Waals surface area contributed by atoms with Crippen molar-refractivity contribution in [1.29, 1.82) is 0 Å². The Labute approximate surface area is 207 Å². The summed E-state index contributed by atoms with van der Waals surface area (Å²) in [6.45, 7) is 6.68. The van der Waals surface area contributed by atoms with Gasteiger partial charge >= 0.3 is 0 Å². The van der Waals surface area contributed by atoms with E-state index in [4.69, 9.17) is 0 Å². The molecule has 0 spiro atoms. The zero-order valence-corrected chi connectivity index (χ0v) is 21.3. The second-order valence-corrected chi connectivity index (χ2v) is 13.1. The highest BCUT2D eigenvalue weighted by Crippen LogP contribution is 2.69. The number of fused-ring (bicyclic) bond motifs is 6. The Bertz CT molecular complexity index is 1180. The Kier molecular flexibility index (Phi) is 5.13. The van der Waals surface area contributed by atoms with Gasteiger partial charge in [0.1, 0.15) is 12.4 Å². The molecule has 4 fully saturated rings. The van der Waals surface area contributed by atoms with Crippen LogP contribution in [0.1, 0.15) is 78.6 Å². The summed E-state index contributed by atoms with van der Waals surface area (Å²) < 4.78 is 15.5. The van der Waals surface area contributed by atoms with Crippen LogP contribution >= 0.6 is 0 Å². The maximum atomic E-state index is 13.8. The van der Waals surface area contributed by atoms with Gasteiger partial charge in [-0.1, -0.05) is 13.8 Å². The second-order valence-electron chi connectivity index (χ2n) is 13.1. The first-order valence-electron chi connectivity index (χ1n) is 13.6. The third kappa shape index (κ3) is 3.31. The molecule has 1 aromatic heterocycles. The number of Topliss-reactive ketones (excluding diaryl/α,β-unsaturated/α-hetero) is 1. The van der Waals surface area contributed by atoms with Crippen LogP contribution in [0.5, 0.6) is 0 Å². The van der Waals surface area contributed by atoms with Crippen LogP contribution in [0.15, 0.2) is 24.4 Å². The molecule has 4 aliphatic carbocycles. The molecule has 6 heteroatoms. The minimum absolute atomic E-state index is 0.0533. The van der Waals surface area contributed by atoms with Gasteiger partial charge in [0.15, 0.2) is 5.78 Å². The van der Waals surface area contributed by atoms with E-state index < -0.39 is 11.2 Å². The highest BCUT2D eigenvalue weighted by molar-refractivity contribution is 5.85. The number of hydrogen-bond acceptors (Lipinski definition) is 4. The van der Waals surface area contributed by atoms with Crippen LogP contribution in [0.4, 0.5) is 4.39 Å². The monoisotopic (exact) mass is 482 g/mol. The molecule has 1 unspecified atom stereocenters. The van der Waals surface area contributed by atoms with Crippen LogP contribution in [-0.2, 0) is 11.3 Å². The molecule has 0 bridgehead atoms. The highest BCUT2D eigenvalue weighted by atomic mass is 19.1. The number of carbonyl (C=O) groups is 1. The third-order valence-electron chi connectivity index (χ3n) is 11.4. The van der Waals surface area contributed by atoms with Crippen molar-refractivity contribution in [2.45, 2.75) is 96.3 Å². The van der Waals surface area contributed by atoms with Gasteiger partial charge < -0.3 is 10.2 Å². The van der Waals surface area contributed by atoms with Crippen LogP contribution in [0, 0.1) is 40.3 Å². The van der Waals surface area contributed by atoms with Gasteiger partial charge in [0.25, 0.3) is 0 Å². The molecule has 6 rings (SSSR count). The minimum Gasteiger partial charge on any atom is -0.390 e. The SMILES string of the molecule is C[C@@]1(O)CC[C@@]2(C)C(CC[C@H]3[C@@H]4CC[C@H](C(=O)Cn5ncc6ccc(F)cc65)[C@@]4(C)CC[C@@]32O)C1. The summed E-state index contributed by atoms with van der Waals surface area (Å²) in [6, 6.07) is 4.58. The van der Waals surface area contributed by atoms with Gasteiger partial charge in [-0.25, -0.2) is 4.39 Å². The molecule has 2 aromatic rings. The van der Waals surface area contributed by atoms with Crippen molar-refractivity contribution < 1.29 is 19.4 Å². The number of rotatable bonds is 3. The molecular formula is C29H39FN2O3. The fourth-order valence-corrected chi connectivity index (χ4v) is 9.33. The van der Waals surface area contributed by atoms with E-state index in [1.54, 1.807) is 16.9 Å². The number of benzene rings is 1. The van der Waals surface area contributed by atoms with E-state index >= 15 is 0 Å².